The highest BCUT2D eigenvalue weighted by atomic mass is 16.6. The topological polar surface area (TPSA) is 156 Å². The van der Waals surface area contributed by atoms with Crippen molar-refractivity contribution in [3.63, 3.8) is 0 Å². The van der Waals surface area contributed by atoms with Gasteiger partial charge in [-0.2, -0.15) is 4.98 Å². The van der Waals surface area contributed by atoms with Crippen LogP contribution in [0.2, 0.25) is 0 Å². The van der Waals surface area contributed by atoms with Gasteiger partial charge < -0.3 is 29.7 Å². The summed E-state index contributed by atoms with van der Waals surface area (Å²) < 4.78 is 34.4. The maximum Gasteiger partial charge on any atom is 0.343 e. The predicted octanol–water partition coefficient (Wildman–Crippen LogP) is 4.26. The number of hydrogen-bond donors (Lipinski definition) is 2. The summed E-state index contributed by atoms with van der Waals surface area (Å²) in [6.07, 6.45) is 0.915. The second kappa shape index (κ2) is 11.5. The Morgan fingerprint density at radius 3 is 2.73 bits per heavy atom. The van der Waals surface area contributed by atoms with Crippen molar-refractivity contribution >= 4 is 40.5 Å². The molecule has 0 fully saturated rings. The van der Waals surface area contributed by atoms with E-state index in [-0.39, 0.29) is 46.4 Å². The Bertz CT molecular complexity index is 1580. The minimum atomic E-state index is -2.78. The number of likely N-dealkylation sites (N-methyl/N-ethyl adjacent to an activating group) is 1. The molecular formula is C28H35N7O6. The number of methoxy groups -OCH3 is 1. The number of benzene rings is 1. The summed E-state index contributed by atoms with van der Waals surface area (Å²) >= 11 is 0. The lowest BCUT2D eigenvalue weighted by Gasteiger charge is -2.24. The second-order valence-corrected chi connectivity index (χ2v) is 10.5. The molecule has 2 N–H and O–H groups in total. The number of nitrogens with zero attached hydrogens (tertiary/aromatic N) is 6. The van der Waals surface area contributed by atoms with Crippen LogP contribution in [0.3, 0.4) is 0 Å². The zero-order chi connectivity index (χ0) is 32.6. The first-order valence-electron chi connectivity index (χ1n) is 14.4. The Labute approximate surface area is 242 Å². The predicted molar refractivity (Wildman–Crippen MR) is 155 cm³/mol. The Morgan fingerprint density at radius 2 is 2.10 bits per heavy atom. The molecule has 3 aromatic rings. The number of carbonyl (C=O) groups excluding carboxylic acids is 1. The zero-order valence-electron chi connectivity index (χ0n) is 26.8. The fourth-order valence-corrected chi connectivity index (χ4v) is 4.60. The van der Waals surface area contributed by atoms with Crippen LogP contribution in [0, 0.1) is 17.0 Å². The normalized spacial score (nSPS) is 15.0. The number of anilines is 5. The van der Waals surface area contributed by atoms with Gasteiger partial charge in [-0.25, -0.2) is 9.78 Å². The fourth-order valence-electron chi connectivity index (χ4n) is 4.60. The van der Waals surface area contributed by atoms with Crippen molar-refractivity contribution in [2.75, 3.05) is 48.9 Å². The molecule has 0 saturated carbocycles. The van der Waals surface area contributed by atoms with Gasteiger partial charge in [0.05, 0.1) is 41.8 Å². The standard InChI is InChI=1S/C28H35N7O6/c1-16(2)41-26(37)18-14-29-27(32-25(18)34-15-28(4,5)24-20(34)9-8-17(3)30-24)31-19-12-22(35(38)39)21(13-23(19)40-7)33(6)10-11-36/h8-9,12-14,16,36H,10-11,15H2,1-7H3,(H,29,31,32)/i6D3. The lowest BCUT2D eigenvalue weighted by Crippen LogP contribution is -2.28. The number of ether oxygens (including phenoxy) is 2. The van der Waals surface area contributed by atoms with E-state index in [9.17, 15) is 20.0 Å². The molecule has 0 unspecified atom stereocenters. The molecule has 0 aliphatic carbocycles. The summed E-state index contributed by atoms with van der Waals surface area (Å²) in [4.78, 5) is 40.8. The number of aromatic nitrogens is 3. The summed E-state index contributed by atoms with van der Waals surface area (Å²) in [7, 11) is 1.32. The summed E-state index contributed by atoms with van der Waals surface area (Å²) in [6.45, 7) is 6.16. The van der Waals surface area contributed by atoms with Crippen molar-refractivity contribution in [1.29, 1.82) is 0 Å². The zero-order valence-corrected chi connectivity index (χ0v) is 23.8. The van der Waals surface area contributed by atoms with E-state index >= 15 is 0 Å². The van der Waals surface area contributed by atoms with Gasteiger partial charge in [-0.15, -0.1) is 0 Å². The van der Waals surface area contributed by atoms with Crippen molar-refractivity contribution in [3.8, 4) is 5.75 Å². The van der Waals surface area contributed by atoms with Gasteiger partial charge in [-0.1, -0.05) is 13.8 Å². The van der Waals surface area contributed by atoms with Gasteiger partial charge >= 0.3 is 5.97 Å². The molecule has 2 aromatic heterocycles. The van der Waals surface area contributed by atoms with E-state index < -0.39 is 36.3 Å². The highest BCUT2D eigenvalue weighted by molar-refractivity contribution is 5.96. The van der Waals surface area contributed by atoms with Crippen LogP contribution in [0.1, 0.15) is 53.6 Å². The first kappa shape index (κ1) is 25.4. The SMILES string of the molecule is [2H]C([2H])([2H])N(CCO)c1cc(OC)c(Nc2ncc(C(=O)OC(C)C)c(N3CC(C)(C)c4nc(C)ccc43)n2)cc1[N+](=O)[O-]. The molecule has 1 aromatic carbocycles. The van der Waals surface area contributed by atoms with Gasteiger partial charge in [-0.3, -0.25) is 15.1 Å². The molecule has 4 rings (SSSR count). The Morgan fingerprint density at radius 1 is 1.34 bits per heavy atom. The number of esters is 1. The molecule has 0 amide bonds. The maximum atomic E-state index is 13.2. The molecule has 218 valence electrons. The van der Waals surface area contributed by atoms with Crippen molar-refractivity contribution in [2.24, 2.45) is 0 Å². The van der Waals surface area contributed by atoms with Crippen LogP contribution < -0.4 is 19.9 Å². The van der Waals surface area contributed by atoms with E-state index in [2.05, 4.69) is 15.3 Å². The van der Waals surface area contributed by atoms with Crippen LogP contribution in [0.15, 0.2) is 30.5 Å². The number of nitro benzene ring substituents is 1. The third-order valence-corrected chi connectivity index (χ3v) is 6.44. The van der Waals surface area contributed by atoms with Crippen LogP contribution in [0.25, 0.3) is 0 Å². The molecular weight excluding hydrogens is 530 g/mol. The van der Waals surface area contributed by atoms with Crippen LogP contribution in [-0.4, -0.2) is 70.8 Å². The average Bonchev–Trinajstić information content (AvgIpc) is 3.20. The molecule has 3 heterocycles. The summed E-state index contributed by atoms with van der Waals surface area (Å²) in [5.74, 6) is -0.347. The lowest BCUT2D eigenvalue weighted by molar-refractivity contribution is -0.384. The van der Waals surface area contributed by atoms with E-state index in [1.54, 1.807) is 13.8 Å². The molecule has 13 nitrogen and oxygen atoms in total. The number of aliphatic hydroxyl groups is 1. The fraction of sp³-hybridized carbons (Fsp3) is 0.429. The van der Waals surface area contributed by atoms with E-state index in [0.29, 0.717) is 6.54 Å². The Kier molecular flexibility index (Phi) is 7.16. The number of nitrogens with one attached hydrogen (secondary N) is 1. The largest absolute Gasteiger partial charge is 0.494 e. The number of aryl methyl sites for hydroxylation is 1. The van der Waals surface area contributed by atoms with Crippen LogP contribution in [-0.2, 0) is 10.2 Å². The van der Waals surface area contributed by atoms with Crippen molar-refractivity contribution < 1.29 is 28.4 Å². The smallest absolute Gasteiger partial charge is 0.343 e. The number of pyridine rings is 1. The van der Waals surface area contributed by atoms with E-state index in [4.69, 9.17) is 18.6 Å². The number of nitro groups is 1. The monoisotopic (exact) mass is 568 g/mol. The third kappa shape index (κ3) is 5.99. The number of hydrogen-bond acceptors (Lipinski definition) is 12. The van der Waals surface area contributed by atoms with Gasteiger partial charge in [0.2, 0.25) is 5.95 Å². The van der Waals surface area contributed by atoms with E-state index in [0.717, 1.165) is 28.0 Å². The van der Waals surface area contributed by atoms with Gasteiger partial charge in [0.15, 0.2) is 5.82 Å². The van der Waals surface area contributed by atoms with Crippen molar-refractivity contribution in [3.05, 3.63) is 57.5 Å². The Balaban J connectivity index is 1.84. The van der Waals surface area contributed by atoms with Gasteiger partial charge in [-0.05, 0) is 32.9 Å². The number of rotatable bonds is 10. The minimum absolute atomic E-state index is 0.0178. The van der Waals surface area contributed by atoms with Gasteiger partial charge in [0.1, 0.15) is 17.0 Å². The Hall–Kier alpha value is -4.52. The van der Waals surface area contributed by atoms with Crippen LogP contribution >= 0.6 is 0 Å². The first-order valence-corrected chi connectivity index (χ1v) is 12.9. The highest BCUT2D eigenvalue weighted by Crippen LogP contribution is 2.44. The molecule has 41 heavy (non-hydrogen) atoms. The average molecular weight is 569 g/mol. The van der Waals surface area contributed by atoms with Gasteiger partial charge in [0, 0.05) is 53.6 Å². The highest BCUT2D eigenvalue weighted by Gasteiger charge is 2.39. The molecule has 0 spiro atoms. The van der Waals surface area contributed by atoms with Gasteiger partial charge in [0.25, 0.3) is 5.69 Å². The van der Waals surface area contributed by atoms with Crippen LogP contribution in [0.4, 0.5) is 34.5 Å². The number of fused-ring (bicyclic) bond motifs is 1. The number of carbonyl (C=O) groups is 1. The van der Waals surface area contributed by atoms with E-state index in [1.165, 1.54) is 19.4 Å². The molecule has 13 heteroatoms. The number of aliphatic hydroxyl groups excluding tert-OH is 1. The molecule has 0 saturated heterocycles. The molecule has 0 bridgehead atoms. The second-order valence-electron chi connectivity index (χ2n) is 10.5. The summed E-state index contributed by atoms with van der Waals surface area (Å²) in [5, 5.41) is 24.4. The van der Waals surface area contributed by atoms with E-state index in [1.807, 2.05) is 37.8 Å². The third-order valence-electron chi connectivity index (χ3n) is 6.44. The molecule has 1 aliphatic rings. The molecule has 0 atom stereocenters. The van der Waals surface area contributed by atoms with Crippen molar-refractivity contribution in [1.82, 2.24) is 15.0 Å². The first-order chi connectivity index (χ1) is 20.6. The minimum Gasteiger partial charge on any atom is -0.494 e. The lowest BCUT2D eigenvalue weighted by atomic mass is 9.91. The quantitative estimate of drug-likeness (QED) is 0.204. The molecule has 1 aliphatic heterocycles. The summed E-state index contributed by atoms with van der Waals surface area (Å²) in [6, 6.07) is 6.08. The maximum absolute atomic E-state index is 13.2. The van der Waals surface area contributed by atoms with Crippen LogP contribution in [0.5, 0.6) is 5.75 Å². The summed E-state index contributed by atoms with van der Waals surface area (Å²) in [5.41, 5.74) is 1.42. The molecule has 0 radical (unpaired) electrons. The van der Waals surface area contributed by atoms with Crippen molar-refractivity contribution in [2.45, 2.75) is 46.1 Å².